The number of piperazine rings is 1. The molecular weight excluding hydrogens is 386 g/mol. The molecule has 0 atom stereocenters. The molecule has 3 rings (SSSR count). The number of nitrogens with zero attached hydrogens (tertiary/aromatic N) is 3. The van der Waals surface area contributed by atoms with E-state index in [2.05, 4.69) is 49.9 Å². The van der Waals surface area contributed by atoms with E-state index in [0.29, 0.717) is 19.6 Å². The molecule has 2 aromatic rings. The van der Waals surface area contributed by atoms with Crippen LogP contribution in [0.2, 0.25) is 0 Å². The summed E-state index contributed by atoms with van der Waals surface area (Å²) in [7, 11) is 0. The quantitative estimate of drug-likeness (QED) is 0.699. The predicted molar refractivity (Wildman–Crippen MR) is 126 cm³/mol. The van der Waals surface area contributed by atoms with E-state index < -0.39 is 11.8 Å². The molecule has 166 valence electrons. The highest BCUT2D eigenvalue weighted by Crippen LogP contribution is 2.32. The van der Waals surface area contributed by atoms with Crippen molar-refractivity contribution in [2.75, 3.05) is 31.1 Å². The standard InChI is InChI=1S/C26H35N3O2/c1-20(2)29(19-21-11-7-6-8-12-21)25(31)24(30)28-17-15-27(16-18-28)23-14-10-9-13-22(23)26(3,4)5/h6-14,20H,15-19H2,1-5H3. The van der Waals surface area contributed by atoms with Crippen molar-refractivity contribution in [3.05, 3.63) is 65.7 Å². The molecule has 0 unspecified atom stereocenters. The van der Waals surface area contributed by atoms with Crippen LogP contribution in [-0.4, -0.2) is 53.8 Å². The largest absolute Gasteiger partial charge is 0.368 e. The molecule has 2 aromatic carbocycles. The van der Waals surface area contributed by atoms with E-state index in [1.165, 1.54) is 11.3 Å². The highest BCUT2D eigenvalue weighted by Gasteiger charge is 2.32. The zero-order valence-electron chi connectivity index (χ0n) is 19.5. The van der Waals surface area contributed by atoms with Gasteiger partial charge in [-0.05, 0) is 36.5 Å². The molecule has 2 amide bonds. The summed E-state index contributed by atoms with van der Waals surface area (Å²) >= 11 is 0. The Hall–Kier alpha value is -2.82. The Kier molecular flexibility index (Phi) is 7.04. The molecule has 0 N–H and O–H groups in total. The molecule has 5 nitrogen and oxygen atoms in total. The Morgan fingerprint density at radius 1 is 0.903 bits per heavy atom. The number of carbonyl (C=O) groups excluding carboxylic acids is 2. The van der Waals surface area contributed by atoms with Crippen molar-refractivity contribution in [2.45, 2.75) is 52.6 Å². The zero-order chi connectivity index (χ0) is 22.6. The molecule has 5 heteroatoms. The van der Waals surface area contributed by atoms with Gasteiger partial charge in [-0.15, -0.1) is 0 Å². The van der Waals surface area contributed by atoms with E-state index in [9.17, 15) is 9.59 Å². The van der Waals surface area contributed by atoms with E-state index in [4.69, 9.17) is 0 Å². The van der Waals surface area contributed by atoms with Crippen molar-refractivity contribution >= 4 is 17.5 Å². The zero-order valence-corrected chi connectivity index (χ0v) is 19.5. The number of anilines is 1. The Labute approximate surface area is 186 Å². The number of amides is 2. The second-order valence-corrected chi connectivity index (χ2v) is 9.56. The van der Waals surface area contributed by atoms with E-state index in [0.717, 1.165) is 18.7 Å². The second-order valence-electron chi connectivity index (χ2n) is 9.56. The minimum Gasteiger partial charge on any atom is -0.368 e. The van der Waals surface area contributed by atoms with E-state index in [1.54, 1.807) is 9.80 Å². The van der Waals surface area contributed by atoms with Gasteiger partial charge in [0.05, 0.1) is 0 Å². The van der Waals surface area contributed by atoms with Crippen LogP contribution in [0.3, 0.4) is 0 Å². The van der Waals surface area contributed by atoms with Gasteiger partial charge in [0.2, 0.25) is 0 Å². The van der Waals surface area contributed by atoms with Crippen LogP contribution < -0.4 is 4.90 Å². The summed E-state index contributed by atoms with van der Waals surface area (Å²) in [6.07, 6.45) is 0. The van der Waals surface area contributed by atoms with Gasteiger partial charge in [0.25, 0.3) is 0 Å². The van der Waals surface area contributed by atoms with Gasteiger partial charge in [-0.1, -0.05) is 69.3 Å². The highest BCUT2D eigenvalue weighted by molar-refractivity contribution is 6.35. The molecule has 1 aliphatic rings. The smallest absolute Gasteiger partial charge is 0.312 e. The lowest BCUT2D eigenvalue weighted by atomic mass is 9.85. The number of rotatable bonds is 4. The summed E-state index contributed by atoms with van der Waals surface area (Å²) in [6, 6.07) is 18.3. The van der Waals surface area contributed by atoms with Crippen molar-refractivity contribution in [3.63, 3.8) is 0 Å². The van der Waals surface area contributed by atoms with E-state index >= 15 is 0 Å². The van der Waals surface area contributed by atoms with Crippen molar-refractivity contribution in [1.82, 2.24) is 9.80 Å². The fourth-order valence-electron chi connectivity index (χ4n) is 4.06. The van der Waals surface area contributed by atoms with Crippen LogP contribution in [0.5, 0.6) is 0 Å². The minimum absolute atomic E-state index is 0.0448. The monoisotopic (exact) mass is 421 g/mol. The molecular formula is C26H35N3O2. The first kappa shape index (κ1) is 22.9. The molecule has 0 saturated carbocycles. The highest BCUT2D eigenvalue weighted by atomic mass is 16.2. The Morgan fingerprint density at radius 3 is 2.06 bits per heavy atom. The lowest BCUT2D eigenvalue weighted by molar-refractivity contribution is -0.153. The number of hydrogen-bond donors (Lipinski definition) is 0. The van der Waals surface area contributed by atoms with Crippen LogP contribution in [0.15, 0.2) is 54.6 Å². The molecule has 1 saturated heterocycles. The van der Waals surface area contributed by atoms with Crippen LogP contribution >= 0.6 is 0 Å². The Balaban J connectivity index is 1.66. The van der Waals surface area contributed by atoms with Gasteiger partial charge in [0.15, 0.2) is 0 Å². The number of hydrogen-bond acceptors (Lipinski definition) is 3. The average Bonchev–Trinajstić information content (AvgIpc) is 2.76. The molecule has 0 aromatic heterocycles. The summed E-state index contributed by atoms with van der Waals surface area (Å²) in [5, 5.41) is 0. The van der Waals surface area contributed by atoms with Gasteiger partial charge in [0.1, 0.15) is 0 Å². The molecule has 0 bridgehead atoms. The van der Waals surface area contributed by atoms with Crippen molar-refractivity contribution < 1.29 is 9.59 Å². The van der Waals surface area contributed by atoms with Crippen molar-refractivity contribution in [3.8, 4) is 0 Å². The summed E-state index contributed by atoms with van der Waals surface area (Å²) in [5.74, 6) is -0.809. The minimum atomic E-state index is -0.414. The molecule has 31 heavy (non-hydrogen) atoms. The first-order valence-electron chi connectivity index (χ1n) is 11.2. The molecule has 0 spiro atoms. The van der Waals surface area contributed by atoms with Gasteiger partial charge in [0, 0.05) is 44.5 Å². The summed E-state index contributed by atoms with van der Waals surface area (Å²) < 4.78 is 0. The van der Waals surface area contributed by atoms with E-state index in [1.807, 2.05) is 44.2 Å². The van der Waals surface area contributed by atoms with Crippen LogP contribution in [-0.2, 0) is 21.5 Å². The van der Waals surface area contributed by atoms with Gasteiger partial charge in [-0.25, -0.2) is 0 Å². The third-order valence-electron chi connectivity index (χ3n) is 5.88. The topological polar surface area (TPSA) is 43.9 Å². The number of carbonyl (C=O) groups is 2. The predicted octanol–water partition coefficient (Wildman–Crippen LogP) is 4.07. The van der Waals surface area contributed by atoms with Crippen molar-refractivity contribution in [1.29, 1.82) is 0 Å². The summed E-state index contributed by atoms with van der Waals surface area (Å²) in [6.45, 7) is 13.6. The van der Waals surface area contributed by atoms with Gasteiger partial charge in [-0.2, -0.15) is 0 Å². The normalized spacial score (nSPS) is 14.6. The average molecular weight is 422 g/mol. The molecule has 0 aliphatic carbocycles. The van der Waals surface area contributed by atoms with Crippen LogP contribution in [0.25, 0.3) is 0 Å². The van der Waals surface area contributed by atoms with Crippen LogP contribution in [0.4, 0.5) is 5.69 Å². The third kappa shape index (κ3) is 5.46. The number of benzene rings is 2. The number of para-hydroxylation sites is 1. The molecule has 1 heterocycles. The maximum Gasteiger partial charge on any atom is 0.312 e. The van der Waals surface area contributed by atoms with Crippen molar-refractivity contribution in [2.24, 2.45) is 0 Å². The molecule has 0 radical (unpaired) electrons. The first-order chi connectivity index (χ1) is 14.7. The van der Waals surface area contributed by atoms with Gasteiger partial charge < -0.3 is 14.7 Å². The third-order valence-corrected chi connectivity index (χ3v) is 5.88. The maximum absolute atomic E-state index is 13.0. The van der Waals surface area contributed by atoms with Gasteiger partial charge >= 0.3 is 11.8 Å². The van der Waals surface area contributed by atoms with Crippen LogP contribution in [0.1, 0.15) is 45.7 Å². The lowest BCUT2D eigenvalue weighted by Gasteiger charge is -2.39. The van der Waals surface area contributed by atoms with E-state index in [-0.39, 0.29) is 11.5 Å². The summed E-state index contributed by atoms with van der Waals surface area (Å²) in [4.78, 5) is 31.8. The maximum atomic E-state index is 13.0. The van der Waals surface area contributed by atoms with Gasteiger partial charge in [-0.3, -0.25) is 9.59 Å². The fraction of sp³-hybridized carbons (Fsp3) is 0.462. The second kappa shape index (κ2) is 9.54. The molecule has 1 fully saturated rings. The lowest BCUT2D eigenvalue weighted by Crippen LogP contribution is -2.54. The SMILES string of the molecule is CC(C)N(Cc1ccccc1)C(=O)C(=O)N1CCN(c2ccccc2C(C)(C)C)CC1. The Bertz CT molecular complexity index is 894. The fourth-order valence-corrected chi connectivity index (χ4v) is 4.06. The Morgan fingerprint density at radius 2 is 1.48 bits per heavy atom. The first-order valence-corrected chi connectivity index (χ1v) is 11.2. The van der Waals surface area contributed by atoms with Crippen LogP contribution in [0, 0.1) is 0 Å². The summed E-state index contributed by atoms with van der Waals surface area (Å²) in [5.41, 5.74) is 3.61. The molecule has 1 aliphatic heterocycles.